The molecule has 0 saturated carbocycles. The smallest absolute Gasteiger partial charge is 0.311 e. The molecular weight excluding hydrogens is 299 g/mol. The molecule has 0 aliphatic carbocycles. The Hall–Kier alpha value is -1.70. The lowest BCUT2D eigenvalue weighted by atomic mass is 10.1. The van der Waals surface area contributed by atoms with Crippen LogP contribution in [0.4, 0.5) is 22.0 Å². The van der Waals surface area contributed by atoms with Gasteiger partial charge in [0, 0.05) is 13.0 Å². The molecule has 0 aliphatic rings. The van der Waals surface area contributed by atoms with E-state index < -0.39 is 40.8 Å². The molecule has 0 heterocycles. The first kappa shape index (κ1) is 17.4. The predicted molar refractivity (Wildman–Crippen MR) is 62.0 cm³/mol. The van der Waals surface area contributed by atoms with E-state index in [1.807, 2.05) is 0 Å². The lowest BCUT2D eigenvalue weighted by molar-refractivity contribution is -0.135. The number of aliphatic hydroxyl groups is 1. The van der Waals surface area contributed by atoms with Crippen molar-refractivity contribution in [3.05, 3.63) is 29.1 Å². The van der Waals surface area contributed by atoms with Crippen LogP contribution < -0.4 is 4.74 Å². The number of rotatable bonds is 7. The molecule has 1 aromatic carbocycles. The van der Waals surface area contributed by atoms with E-state index in [0.29, 0.717) is 25.7 Å². The van der Waals surface area contributed by atoms with Gasteiger partial charge in [0.25, 0.3) is 0 Å². The lowest BCUT2D eigenvalue weighted by Gasteiger charge is -2.08. The molecule has 1 rings (SSSR count). The van der Waals surface area contributed by atoms with Crippen molar-refractivity contribution in [2.24, 2.45) is 0 Å². The van der Waals surface area contributed by atoms with Crippen molar-refractivity contribution in [3.8, 4) is 5.75 Å². The fourth-order valence-electron chi connectivity index (χ4n) is 1.57. The van der Waals surface area contributed by atoms with E-state index in [0.717, 1.165) is 0 Å². The molecule has 1 aromatic rings. The SMILES string of the molecule is O=C(CCCCCCO)Oc1c(F)c(F)c(F)c(F)c1F. The number of esters is 1. The Kier molecular flexibility index (Phi) is 6.54. The van der Waals surface area contributed by atoms with Crippen molar-refractivity contribution in [2.45, 2.75) is 32.1 Å². The molecule has 8 heteroatoms. The summed E-state index contributed by atoms with van der Waals surface area (Å²) in [4.78, 5) is 11.3. The maximum absolute atomic E-state index is 13.2. The second-order valence-corrected chi connectivity index (χ2v) is 4.26. The van der Waals surface area contributed by atoms with Gasteiger partial charge in [-0.25, -0.2) is 13.2 Å². The first-order chi connectivity index (χ1) is 9.90. The van der Waals surface area contributed by atoms with Gasteiger partial charge < -0.3 is 9.84 Å². The fraction of sp³-hybridized carbons (Fsp3) is 0.462. The van der Waals surface area contributed by atoms with Crippen LogP contribution in [0.5, 0.6) is 5.75 Å². The predicted octanol–water partition coefficient (Wildman–Crippen LogP) is 3.23. The van der Waals surface area contributed by atoms with Crippen LogP contribution in [0, 0.1) is 29.1 Å². The van der Waals surface area contributed by atoms with Crippen LogP contribution in [0.25, 0.3) is 0 Å². The Labute approximate surface area is 117 Å². The van der Waals surface area contributed by atoms with Gasteiger partial charge in [-0.05, 0) is 12.8 Å². The third kappa shape index (κ3) is 4.38. The summed E-state index contributed by atoms with van der Waals surface area (Å²) in [5, 5.41) is 8.53. The summed E-state index contributed by atoms with van der Waals surface area (Å²) in [5.41, 5.74) is 0. The zero-order valence-corrected chi connectivity index (χ0v) is 10.9. The summed E-state index contributed by atoms with van der Waals surface area (Å²) in [6.45, 7) is 0.00893. The van der Waals surface area contributed by atoms with E-state index in [2.05, 4.69) is 4.74 Å². The monoisotopic (exact) mass is 312 g/mol. The zero-order valence-electron chi connectivity index (χ0n) is 10.9. The van der Waals surface area contributed by atoms with Gasteiger partial charge in [-0.3, -0.25) is 4.79 Å². The van der Waals surface area contributed by atoms with Crippen molar-refractivity contribution in [2.75, 3.05) is 6.61 Å². The van der Waals surface area contributed by atoms with Gasteiger partial charge in [0.05, 0.1) is 0 Å². The molecule has 0 aliphatic heterocycles. The van der Waals surface area contributed by atoms with Crippen molar-refractivity contribution in [1.82, 2.24) is 0 Å². The summed E-state index contributed by atoms with van der Waals surface area (Å²) in [5.74, 6) is -13.7. The van der Waals surface area contributed by atoms with Crippen LogP contribution >= 0.6 is 0 Å². The number of hydrogen-bond acceptors (Lipinski definition) is 3. The average Bonchev–Trinajstić information content (AvgIpc) is 2.47. The second kappa shape index (κ2) is 7.92. The highest BCUT2D eigenvalue weighted by Gasteiger charge is 2.28. The molecule has 0 bridgehead atoms. The van der Waals surface area contributed by atoms with Crippen LogP contribution in [0.15, 0.2) is 0 Å². The van der Waals surface area contributed by atoms with Crippen LogP contribution in [0.3, 0.4) is 0 Å². The fourth-order valence-corrected chi connectivity index (χ4v) is 1.57. The summed E-state index contributed by atoms with van der Waals surface area (Å²) >= 11 is 0. The minimum atomic E-state index is -2.31. The van der Waals surface area contributed by atoms with E-state index in [-0.39, 0.29) is 13.0 Å². The molecular formula is C13H13F5O3. The van der Waals surface area contributed by atoms with Gasteiger partial charge in [0.1, 0.15) is 0 Å². The molecule has 0 fully saturated rings. The Balaban J connectivity index is 2.69. The average molecular weight is 312 g/mol. The number of benzene rings is 1. The summed E-state index contributed by atoms with van der Waals surface area (Å²) in [6.07, 6.45) is 1.84. The molecule has 21 heavy (non-hydrogen) atoms. The molecule has 0 saturated heterocycles. The highest BCUT2D eigenvalue weighted by Crippen LogP contribution is 2.29. The number of aliphatic hydroxyl groups excluding tert-OH is 1. The van der Waals surface area contributed by atoms with Crippen LogP contribution in [0.1, 0.15) is 32.1 Å². The number of hydrogen-bond donors (Lipinski definition) is 1. The quantitative estimate of drug-likeness (QED) is 0.210. The highest BCUT2D eigenvalue weighted by atomic mass is 19.2. The van der Waals surface area contributed by atoms with Gasteiger partial charge in [0.2, 0.25) is 34.8 Å². The molecule has 0 aromatic heterocycles. The topological polar surface area (TPSA) is 46.5 Å². The zero-order chi connectivity index (χ0) is 16.0. The molecule has 3 nitrogen and oxygen atoms in total. The number of carbonyl (C=O) groups is 1. The van der Waals surface area contributed by atoms with Crippen molar-refractivity contribution >= 4 is 5.97 Å². The maximum atomic E-state index is 13.2. The number of halogens is 5. The molecule has 0 radical (unpaired) electrons. The first-order valence-electron chi connectivity index (χ1n) is 6.23. The first-order valence-corrected chi connectivity index (χ1v) is 6.23. The van der Waals surface area contributed by atoms with Crippen LogP contribution in [-0.2, 0) is 4.79 Å². The number of unbranched alkanes of at least 4 members (excludes halogenated alkanes) is 3. The van der Waals surface area contributed by atoms with Gasteiger partial charge >= 0.3 is 5.97 Å². The summed E-state index contributed by atoms with van der Waals surface area (Å²) in [6, 6.07) is 0. The third-order valence-electron chi connectivity index (χ3n) is 2.67. The molecule has 0 atom stereocenters. The Morgan fingerprint density at radius 2 is 1.29 bits per heavy atom. The Morgan fingerprint density at radius 3 is 1.81 bits per heavy atom. The Bertz CT molecular complexity index is 490. The van der Waals surface area contributed by atoms with Gasteiger partial charge in [-0.1, -0.05) is 12.8 Å². The second-order valence-electron chi connectivity index (χ2n) is 4.26. The summed E-state index contributed by atoms with van der Waals surface area (Å²) < 4.78 is 69.2. The van der Waals surface area contributed by atoms with Gasteiger partial charge in [-0.2, -0.15) is 8.78 Å². The Morgan fingerprint density at radius 1 is 0.810 bits per heavy atom. The highest BCUT2D eigenvalue weighted by molar-refractivity contribution is 5.72. The van der Waals surface area contributed by atoms with E-state index in [1.165, 1.54) is 0 Å². The third-order valence-corrected chi connectivity index (χ3v) is 2.67. The van der Waals surface area contributed by atoms with Crippen molar-refractivity contribution in [3.63, 3.8) is 0 Å². The minimum absolute atomic E-state index is 0.00893. The maximum Gasteiger partial charge on any atom is 0.311 e. The van der Waals surface area contributed by atoms with Crippen molar-refractivity contribution in [1.29, 1.82) is 0 Å². The van der Waals surface area contributed by atoms with Crippen LogP contribution in [0.2, 0.25) is 0 Å². The van der Waals surface area contributed by atoms with Gasteiger partial charge in [0.15, 0.2) is 0 Å². The number of ether oxygens (including phenoxy) is 1. The standard InChI is InChI=1S/C13H13F5O3/c14-8-9(15)11(17)13(12(18)10(8)16)21-7(20)5-3-1-2-4-6-19/h19H,1-6H2. The number of carbonyl (C=O) groups excluding carboxylic acids is 1. The normalized spacial score (nSPS) is 10.8. The molecule has 0 amide bonds. The lowest BCUT2D eigenvalue weighted by Crippen LogP contribution is -2.13. The van der Waals surface area contributed by atoms with E-state index in [4.69, 9.17) is 5.11 Å². The van der Waals surface area contributed by atoms with Gasteiger partial charge in [-0.15, -0.1) is 0 Å². The minimum Gasteiger partial charge on any atom is -0.420 e. The van der Waals surface area contributed by atoms with E-state index in [1.54, 1.807) is 0 Å². The molecule has 0 spiro atoms. The van der Waals surface area contributed by atoms with Crippen molar-refractivity contribution < 1.29 is 36.6 Å². The van der Waals surface area contributed by atoms with Crippen LogP contribution in [-0.4, -0.2) is 17.7 Å². The van der Waals surface area contributed by atoms with E-state index in [9.17, 15) is 26.7 Å². The van der Waals surface area contributed by atoms with E-state index >= 15 is 0 Å². The largest absolute Gasteiger partial charge is 0.420 e. The molecule has 0 unspecified atom stereocenters. The summed E-state index contributed by atoms with van der Waals surface area (Å²) in [7, 11) is 0. The molecule has 118 valence electrons. The molecule has 1 N–H and O–H groups in total.